The Hall–Kier alpha value is 1.02. The first kappa shape index (κ1) is 30.2. The molecule has 0 bridgehead atoms. The van der Waals surface area contributed by atoms with E-state index < -0.39 is 0 Å². The summed E-state index contributed by atoms with van der Waals surface area (Å²) in [6, 6.07) is 11.9. The molecule has 0 spiro atoms. The van der Waals surface area contributed by atoms with Crippen molar-refractivity contribution in [3.05, 3.63) is 45.4 Å². The van der Waals surface area contributed by atoms with Gasteiger partial charge in [-0.2, -0.15) is 10.6 Å². The Balaban J connectivity index is 0.000000214. The summed E-state index contributed by atoms with van der Waals surface area (Å²) in [5, 5.41) is 6.84. The first-order chi connectivity index (χ1) is 14.9. The van der Waals surface area contributed by atoms with Gasteiger partial charge in [-0.25, -0.2) is 40.7 Å². The van der Waals surface area contributed by atoms with Crippen molar-refractivity contribution in [1.29, 1.82) is 0 Å². The zero-order valence-electron chi connectivity index (χ0n) is 20.0. The molecule has 0 N–H and O–H groups in total. The van der Waals surface area contributed by atoms with Crippen LogP contribution in [0.3, 0.4) is 0 Å². The molecule has 2 unspecified atom stereocenters. The normalized spacial score (nSPS) is 22.3. The molecule has 180 valence electrons. The molecule has 33 heavy (non-hydrogen) atoms. The third-order valence-electron chi connectivity index (χ3n) is 8.44. The number of hydrogen-bond acceptors (Lipinski definition) is 0. The fourth-order valence-corrected chi connectivity index (χ4v) is 9.72. The Kier molecular flexibility index (Phi) is 14.0. The third-order valence-corrected chi connectivity index (χ3v) is 11.8. The molecule has 0 aliphatic heterocycles. The predicted octanol–water partition coefficient (Wildman–Crippen LogP) is 3.67. The van der Waals surface area contributed by atoms with Gasteiger partial charge in [0.05, 0.1) is 0 Å². The summed E-state index contributed by atoms with van der Waals surface area (Å²) < 4.78 is 0. The van der Waals surface area contributed by atoms with Gasteiger partial charge in [0.25, 0.3) is 0 Å². The molecule has 5 heteroatoms. The maximum atomic E-state index is 3.59. The zero-order valence-corrected chi connectivity index (χ0v) is 26.0. The molecule has 0 nitrogen and oxygen atoms in total. The van der Waals surface area contributed by atoms with Crippen LogP contribution in [0.4, 0.5) is 0 Å². The van der Waals surface area contributed by atoms with E-state index in [2.05, 4.69) is 24.3 Å². The molecule has 0 amide bonds. The van der Waals surface area contributed by atoms with Crippen molar-refractivity contribution in [3.63, 3.8) is 0 Å². The van der Waals surface area contributed by atoms with Crippen LogP contribution in [0.15, 0.2) is 12.1 Å². The molecule has 4 aliphatic rings. The summed E-state index contributed by atoms with van der Waals surface area (Å²) in [5.74, 6) is 3.71. The standard InChI is InChI=1S/2C14H20P.2ClH.Zr/c2*1-2-6-11(5-1)13-9-10-14(15-13)12-7-3-4-8-12;;;/h2*9,11-12,15H,1-8H2;2*1H;/q2*-1;;;+4/p-2. The van der Waals surface area contributed by atoms with Crippen molar-refractivity contribution in [2.24, 2.45) is 0 Å². The van der Waals surface area contributed by atoms with E-state index in [1.807, 2.05) is 0 Å². The smallest absolute Gasteiger partial charge is 1.00 e. The summed E-state index contributed by atoms with van der Waals surface area (Å²) in [7, 11) is 2.05. The van der Waals surface area contributed by atoms with E-state index >= 15 is 0 Å². The van der Waals surface area contributed by atoms with E-state index in [1.165, 1.54) is 103 Å². The molecule has 2 aromatic heterocycles. The molecule has 2 atom stereocenters. The molecule has 4 fully saturated rings. The SMILES string of the molecule is [Cl-].[Cl-].[Zr+4].[c-]1cc(C2CCCC2)[pH]c1C1CCCC1.[c-]1cc(C2CCCC2)[pH]c1C1CCCC1. The first-order valence-corrected chi connectivity index (χ1v) is 15.1. The summed E-state index contributed by atoms with van der Waals surface area (Å²) in [4.78, 5) is 0. The largest absolute Gasteiger partial charge is 4.00 e. The molecule has 0 aromatic carbocycles. The van der Waals surface area contributed by atoms with Crippen molar-refractivity contribution in [2.75, 3.05) is 0 Å². The summed E-state index contributed by atoms with van der Waals surface area (Å²) >= 11 is 0. The average molecular weight is 601 g/mol. The van der Waals surface area contributed by atoms with Crippen LogP contribution in [0.5, 0.6) is 0 Å². The van der Waals surface area contributed by atoms with E-state index in [9.17, 15) is 0 Å². The van der Waals surface area contributed by atoms with Crippen LogP contribution in [0, 0.1) is 12.1 Å². The molecule has 0 saturated heterocycles. The summed E-state index contributed by atoms with van der Waals surface area (Å²) in [6.45, 7) is 0. The second-order valence-electron chi connectivity index (χ2n) is 10.5. The number of rotatable bonds is 4. The molecular formula is C28H40Cl2P2Zr. The number of halogens is 2. The Morgan fingerprint density at radius 2 is 0.758 bits per heavy atom. The Bertz CT molecular complexity index is 650. The van der Waals surface area contributed by atoms with E-state index in [1.54, 1.807) is 21.2 Å². The van der Waals surface area contributed by atoms with Gasteiger partial charge in [0.2, 0.25) is 0 Å². The van der Waals surface area contributed by atoms with Gasteiger partial charge >= 0.3 is 26.2 Å². The molecule has 2 heterocycles. The third kappa shape index (κ3) is 8.00. The Labute approximate surface area is 237 Å². The molecule has 2 aromatic rings. The summed E-state index contributed by atoms with van der Waals surface area (Å²) in [5.41, 5.74) is 0. The van der Waals surface area contributed by atoms with Gasteiger partial charge in [0.1, 0.15) is 0 Å². The zero-order chi connectivity index (χ0) is 20.2. The Morgan fingerprint density at radius 3 is 1.06 bits per heavy atom. The monoisotopic (exact) mass is 598 g/mol. The van der Waals surface area contributed by atoms with Crippen LogP contribution in [0.2, 0.25) is 0 Å². The second-order valence-corrected chi connectivity index (χ2v) is 13.2. The van der Waals surface area contributed by atoms with Crippen molar-refractivity contribution in [2.45, 2.75) is 126 Å². The fourth-order valence-electron chi connectivity index (χ4n) is 6.55. The van der Waals surface area contributed by atoms with Crippen molar-refractivity contribution < 1.29 is 51.0 Å². The molecule has 4 saturated carbocycles. The Morgan fingerprint density at radius 1 is 0.485 bits per heavy atom. The van der Waals surface area contributed by atoms with Crippen LogP contribution in [-0.4, -0.2) is 0 Å². The maximum Gasteiger partial charge on any atom is 4.00 e. The van der Waals surface area contributed by atoms with Crippen LogP contribution < -0.4 is 24.8 Å². The van der Waals surface area contributed by atoms with Crippen molar-refractivity contribution >= 4 is 16.4 Å². The average Bonchev–Trinajstić information content (AvgIpc) is 3.64. The second kappa shape index (κ2) is 15.3. The molecule has 4 aliphatic carbocycles. The fraction of sp³-hybridized carbons (Fsp3) is 0.714. The van der Waals surface area contributed by atoms with Gasteiger partial charge in [0.15, 0.2) is 0 Å². The van der Waals surface area contributed by atoms with E-state index in [0.29, 0.717) is 0 Å². The minimum Gasteiger partial charge on any atom is -1.00 e. The van der Waals surface area contributed by atoms with Gasteiger partial charge in [-0.05, 0) is 37.5 Å². The van der Waals surface area contributed by atoms with Crippen LogP contribution in [-0.2, 0) is 26.2 Å². The van der Waals surface area contributed by atoms with Crippen molar-refractivity contribution in [1.82, 2.24) is 0 Å². The molecular weight excluding hydrogens is 560 g/mol. The minimum atomic E-state index is 0. The van der Waals surface area contributed by atoms with Crippen LogP contribution >= 0.6 is 16.4 Å². The topological polar surface area (TPSA) is 0 Å². The van der Waals surface area contributed by atoms with E-state index in [4.69, 9.17) is 0 Å². The molecule has 6 rings (SSSR count). The van der Waals surface area contributed by atoms with Gasteiger partial charge in [0, 0.05) is 0 Å². The molecule has 0 radical (unpaired) electrons. The quantitative estimate of drug-likeness (QED) is 0.470. The van der Waals surface area contributed by atoms with Gasteiger partial charge in [-0.15, -0.1) is 10.6 Å². The van der Waals surface area contributed by atoms with Gasteiger partial charge in [-0.1, -0.05) is 88.9 Å². The van der Waals surface area contributed by atoms with Crippen LogP contribution in [0.25, 0.3) is 0 Å². The van der Waals surface area contributed by atoms with Gasteiger partial charge < -0.3 is 24.8 Å². The van der Waals surface area contributed by atoms with Crippen LogP contribution in [0.1, 0.15) is 148 Å². The maximum absolute atomic E-state index is 3.59. The van der Waals surface area contributed by atoms with Crippen molar-refractivity contribution in [3.8, 4) is 0 Å². The van der Waals surface area contributed by atoms with E-state index in [-0.39, 0.29) is 51.0 Å². The first-order valence-electron chi connectivity index (χ1n) is 13.1. The predicted molar refractivity (Wildman–Crippen MR) is 134 cm³/mol. The van der Waals surface area contributed by atoms with E-state index in [0.717, 1.165) is 40.1 Å². The summed E-state index contributed by atoms with van der Waals surface area (Å²) in [6.07, 6.45) is 23.3. The van der Waals surface area contributed by atoms with Gasteiger partial charge in [-0.3, -0.25) is 0 Å². The minimum absolute atomic E-state index is 0. The number of hydrogen-bond donors (Lipinski definition) is 0.